The van der Waals surface area contributed by atoms with Gasteiger partial charge in [-0.15, -0.1) is 0 Å². The number of unbranched alkanes of at least 4 members (excludes halogenated alkanes) is 8. The van der Waals surface area contributed by atoms with Crippen LogP contribution in [0, 0.1) is 11.6 Å². The number of benzene rings is 3. The summed E-state index contributed by atoms with van der Waals surface area (Å²) in [7, 11) is 0. The van der Waals surface area contributed by atoms with Crippen molar-refractivity contribution in [1.82, 2.24) is 0 Å². The molecule has 0 aliphatic carbocycles. The largest absolute Gasteiger partial charge is 0.462 e. The minimum absolute atomic E-state index is 0.0931. The fraction of sp³-hybridized carbons (Fsp3) is 0.424. The Balaban J connectivity index is 1.87. The lowest BCUT2D eigenvalue weighted by molar-refractivity contribution is 0.0492. The molecular formula is C33H40F2O2. The van der Waals surface area contributed by atoms with Crippen molar-refractivity contribution in [3.8, 4) is 22.3 Å². The van der Waals surface area contributed by atoms with Crippen LogP contribution in [0.3, 0.4) is 0 Å². The Labute approximate surface area is 221 Å². The molecule has 37 heavy (non-hydrogen) atoms. The molecule has 4 heteroatoms. The third-order valence-corrected chi connectivity index (χ3v) is 6.80. The summed E-state index contributed by atoms with van der Waals surface area (Å²) in [5, 5.41) is 0. The topological polar surface area (TPSA) is 26.3 Å². The van der Waals surface area contributed by atoms with Crippen molar-refractivity contribution in [3.05, 3.63) is 83.4 Å². The zero-order chi connectivity index (χ0) is 26.5. The van der Waals surface area contributed by atoms with Gasteiger partial charge in [-0.05, 0) is 48.1 Å². The number of aryl methyl sites for hydroxylation is 1. The number of halogens is 2. The van der Waals surface area contributed by atoms with Crippen LogP contribution in [0.4, 0.5) is 8.78 Å². The molecule has 0 aliphatic rings. The van der Waals surface area contributed by atoms with Crippen molar-refractivity contribution < 1.29 is 18.3 Å². The van der Waals surface area contributed by atoms with E-state index < -0.39 is 17.6 Å². The van der Waals surface area contributed by atoms with E-state index in [1.54, 1.807) is 12.1 Å². The first kappa shape index (κ1) is 28.6. The van der Waals surface area contributed by atoms with Crippen LogP contribution in [0.25, 0.3) is 22.3 Å². The highest BCUT2D eigenvalue weighted by Crippen LogP contribution is 2.37. The van der Waals surface area contributed by atoms with Gasteiger partial charge < -0.3 is 4.74 Å². The molecule has 0 fully saturated rings. The lowest BCUT2D eigenvalue weighted by Gasteiger charge is -2.16. The van der Waals surface area contributed by atoms with Crippen molar-refractivity contribution in [2.24, 2.45) is 0 Å². The van der Waals surface area contributed by atoms with Crippen molar-refractivity contribution in [3.63, 3.8) is 0 Å². The minimum Gasteiger partial charge on any atom is -0.462 e. The van der Waals surface area contributed by atoms with Gasteiger partial charge in [0.2, 0.25) is 0 Å². The van der Waals surface area contributed by atoms with Crippen LogP contribution in [-0.2, 0) is 11.2 Å². The monoisotopic (exact) mass is 506 g/mol. The molecule has 0 heterocycles. The first-order valence-corrected chi connectivity index (χ1v) is 13.9. The summed E-state index contributed by atoms with van der Waals surface area (Å²) in [6.07, 6.45) is 11.6. The Bertz CT molecular complexity index is 1120. The number of rotatable bonds is 15. The molecule has 0 unspecified atom stereocenters. The van der Waals surface area contributed by atoms with Gasteiger partial charge in [-0.2, -0.15) is 0 Å². The number of ether oxygens (including phenoxy) is 1. The molecule has 3 rings (SSSR count). The third-order valence-electron chi connectivity index (χ3n) is 6.80. The van der Waals surface area contributed by atoms with Crippen LogP contribution in [0.15, 0.2) is 60.7 Å². The van der Waals surface area contributed by atoms with Crippen molar-refractivity contribution >= 4 is 5.97 Å². The summed E-state index contributed by atoms with van der Waals surface area (Å²) in [4.78, 5) is 12.8. The maximum Gasteiger partial charge on any atom is 0.341 e. The predicted octanol–water partition coefficient (Wildman–Crippen LogP) is 9.94. The molecule has 2 nitrogen and oxygen atoms in total. The Morgan fingerprint density at radius 1 is 0.730 bits per heavy atom. The molecule has 0 N–H and O–H groups in total. The van der Waals surface area contributed by atoms with Crippen LogP contribution in [-0.4, -0.2) is 12.6 Å². The summed E-state index contributed by atoms with van der Waals surface area (Å²) >= 11 is 0. The minimum atomic E-state index is -0.747. The number of carbonyl (C=O) groups excluding carboxylic acids is 1. The van der Waals surface area contributed by atoms with Crippen LogP contribution in [0.1, 0.15) is 94.0 Å². The fourth-order valence-electron chi connectivity index (χ4n) is 4.65. The van der Waals surface area contributed by atoms with Crippen molar-refractivity contribution in [2.45, 2.75) is 84.5 Å². The predicted molar refractivity (Wildman–Crippen MR) is 149 cm³/mol. The van der Waals surface area contributed by atoms with Gasteiger partial charge in [0.1, 0.15) is 11.6 Å². The SMILES string of the molecule is CCCCCCCOC(=O)c1ccc(-c2ccccc2)c(-c2ccc(CCCCCCC)cc2F)c1F. The quantitative estimate of drug-likeness (QED) is 0.151. The van der Waals surface area contributed by atoms with Crippen molar-refractivity contribution in [1.29, 1.82) is 0 Å². The molecule has 0 aliphatic heterocycles. The Kier molecular flexibility index (Phi) is 11.8. The zero-order valence-electron chi connectivity index (χ0n) is 22.3. The van der Waals surface area contributed by atoms with Gasteiger partial charge in [0.05, 0.1) is 12.2 Å². The Morgan fingerprint density at radius 3 is 2.05 bits per heavy atom. The summed E-state index contributed by atoms with van der Waals surface area (Å²) in [5.41, 5.74) is 2.28. The van der Waals surface area contributed by atoms with Gasteiger partial charge in [-0.1, -0.05) is 114 Å². The molecule has 0 spiro atoms. The van der Waals surface area contributed by atoms with E-state index in [1.165, 1.54) is 31.4 Å². The number of carbonyl (C=O) groups is 1. The lowest BCUT2D eigenvalue weighted by atomic mass is 9.91. The summed E-state index contributed by atoms with van der Waals surface area (Å²) in [6, 6.07) is 17.5. The molecule has 0 atom stereocenters. The second-order valence-corrected chi connectivity index (χ2v) is 9.74. The van der Waals surface area contributed by atoms with Crippen LogP contribution >= 0.6 is 0 Å². The highest BCUT2D eigenvalue weighted by atomic mass is 19.1. The number of esters is 1. The van der Waals surface area contributed by atoms with Gasteiger partial charge in [0.25, 0.3) is 0 Å². The maximum atomic E-state index is 16.0. The average molecular weight is 507 g/mol. The molecule has 3 aromatic rings. The smallest absolute Gasteiger partial charge is 0.341 e. The van der Waals surface area contributed by atoms with Gasteiger partial charge in [-0.3, -0.25) is 0 Å². The molecular weight excluding hydrogens is 466 g/mol. The van der Waals surface area contributed by atoms with Gasteiger partial charge >= 0.3 is 5.97 Å². The molecule has 0 bridgehead atoms. The normalized spacial score (nSPS) is 11.0. The molecule has 0 saturated carbocycles. The number of hydrogen-bond acceptors (Lipinski definition) is 2. The highest BCUT2D eigenvalue weighted by molar-refractivity contribution is 5.95. The van der Waals surface area contributed by atoms with E-state index in [2.05, 4.69) is 13.8 Å². The molecule has 0 radical (unpaired) electrons. The molecule has 198 valence electrons. The van der Waals surface area contributed by atoms with E-state index in [0.717, 1.165) is 62.5 Å². The van der Waals surface area contributed by atoms with Gasteiger partial charge in [0, 0.05) is 11.1 Å². The van der Waals surface area contributed by atoms with E-state index in [4.69, 9.17) is 4.74 Å². The molecule has 0 amide bonds. The van der Waals surface area contributed by atoms with Crippen LogP contribution < -0.4 is 0 Å². The summed E-state index contributed by atoms with van der Waals surface area (Å²) < 4.78 is 36.8. The van der Waals surface area contributed by atoms with E-state index in [9.17, 15) is 4.79 Å². The third kappa shape index (κ3) is 8.24. The van der Waals surface area contributed by atoms with E-state index in [1.807, 2.05) is 36.4 Å². The molecule has 3 aromatic carbocycles. The van der Waals surface area contributed by atoms with E-state index in [-0.39, 0.29) is 23.3 Å². The fourth-order valence-corrected chi connectivity index (χ4v) is 4.65. The number of hydrogen-bond donors (Lipinski definition) is 0. The highest BCUT2D eigenvalue weighted by Gasteiger charge is 2.23. The first-order chi connectivity index (χ1) is 18.1. The second-order valence-electron chi connectivity index (χ2n) is 9.74. The summed E-state index contributed by atoms with van der Waals surface area (Å²) in [5.74, 6) is -1.94. The first-order valence-electron chi connectivity index (χ1n) is 13.9. The summed E-state index contributed by atoms with van der Waals surface area (Å²) in [6.45, 7) is 4.57. The van der Waals surface area contributed by atoms with Crippen LogP contribution in [0.5, 0.6) is 0 Å². The average Bonchev–Trinajstić information content (AvgIpc) is 2.91. The Hall–Kier alpha value is -3.01. The standard InChI is InChI=1S/C33H40F2O2/c1-3-5-7-9-12-16-25-19-20-28(30(34)24-25)31-27(26-17-13-11-14-18-26)21-22-29(32(31)35)33(36)37-23-15-10-8-6-4-2/h11,13-14,17-22,24H,3-10,12,15-16,23H2,1-2H3. The van der Waals surface area contributed by atoms with Crippen molar-refractivity contribution in [2.75, 3.05) is 6.61 Å². The second kappa shape index (κ2) is 15.3. The Morgan fingerprint density at radius 2 is 1.38 bits per heavy atom. The van der Waals surface area contributed by atoms with E-state index in [0.29, 0.717) is 5.56 Å². The van der Waals surface area contributed by atoms with Gasteiger partial charge in [-0.25, -0.2) is 13.6 Å². The lowest BCUT2D eigenvalue weighted by Crippen LogP contribution is -2.10. The molecule has 0 saturated heterocycles. The maximum absolute atomic E-state index is 16.0. The van der Waals surface area contributed by atoms with E-state index >= 15 is 8.78 Å². The molecule has 0 aromatic heterocycles. The van der Waals surface area contributed by atoms with Gasteiger partial charge in [0.15, 0.2) is 0 Å². The zero-order valence-corrected chi connectivity index (χ0v) is 22.3. The van der Waals surface area contributed by atoms with Crippen LogP contribution in [0.2, 0.25) is 0 Å².